The Morgan fingerprint density at radius 2 is 1.84 bits per heavy atom. The first-order chi connectivity index (χ1) is 15.5. The summed E-state index contributed by atoms with van der Waals surface area (Å²) in [6.45, 7) is 3.66. The predicted molar refractivity (Wildman–Crippen MR) is 125 cm³/mol. The summed E-state index contributed by atoms with van der Waals surface area (Å²) in [4.78, 5) is 15.2. The van der Waals surface area contributed by atoms with E-state index in [1.165, 1.54) is 0 Å². The number of rotatable bonds is 4. The molecule has 0 amide bonds. The lowest BCUT2D eigenvalue weighted by atomic mass is 9.97. The van der Waals surface area contributed by atoms with Crippen LogP contribution >= 0.6 is 11.6 Å². The third-order valence-electron chi connectivity index (χ3n) is 5.90. The first-order valence-electron chi connectivity index (χ1n) is 10.4. The van der Waals surface area contributed by atoms with Crippen molar-refractivity contribution in [1.29, 1.82) is 0 Å². The highest BCUT2D eigenvalue weighted by molar-refractivity contribution is 6.30. The summed E-state index contributed by atoms with van der Waals surface area (Å²) in [5.41, 5.74) is 4.38. The van der Waals surface area contributed by atoms with Crippen LogP contribution in [-0.2, 0) is 13.1 Å². The Morgan fingerprint density at radius 3 is 2.62 bits per heavy atom. The summed E-state index contributed by atoms with van der Waals surface area (Å²) in [7, 11) is 1.67. The van der Waals surface area contributed by atoms with Gasteiger partial charge in [-0.2, -0.15) is 0 Å². The number of aryl methyl sites for hydroxylation is 1. The van der Waals surface area contributed by atoms with Crippen LogP contribution in [0.2, 0.25) is 5.02 Å². The number of hydrogen-bond acceptors (Lipinski definition) is 5. The van der Waals surface area contributed by atoms with Gasteiger partial charge in [-0.05, 0) is 48.4 Å². The average molecular weight is 448 g/mol. The first kappa shape index (κ1) is 20.6. The summed E-state index contributed by atoms with van der Waals surface area (Å²) in [6.07, 6.45) is 0. The van der Waals surface area contributed by atoms with E-state index < -0.39 is 0 Å². The van der Waals surface area contributed by atoms with E-state index in [9.17, 15) is 4.79 Å². The standard InChI is InChI=1S/C26H22ClNO4/c1-16-20-11-12-23-21(14-28(15-31-23)13-18-5-3-4-6-22(18)30-2)25(20)32-26(29)24(16)17-7-9-19(27)10-8-17/h3-12H,13-15H2,1-2H3. The second-order valence-corrected chi connectivity index (χ2v) is 8.32. The van der Waals surface area contributed by atoms with E-state index in [0.717, 1.165) is 39.1 Å². The number of methoxy groups -OCH3 is 1. The van der Waals surface area contributed by atoms with Gasteiger partial charge in [0.1, 0.15) is 23.8 Å². The van der Waals surface area contributed by atoms with E-state index in [1.807, 2.05) is 55.5 Å². The monoisotopic (exact) mass is 447 g/mol. The minimum absolute atomic E-state index is 0.368. The number of ether oxygens (including phenoxy) is 2. The fourth-order valence-corrected chi connectivity index (χ4v) is 4.42. The summed E-state index contributed by atoms with van der Waals surface area (Å²) in [5, 5.41) is 1.52. The van der Waals surface area contributed by atoms with Gasteiger partial charge in [-0.25, -0.2) is 4.79 Å². The van der Waals surface area contributed by atoms with Crippen LogP contribution in [0.5, 0.6) is 11.5 Å². The van der Waals surface area contributed by atoms with Crippen LogP contribution in [0.3, 0.4) is 0 Å². The Kier molecular flexibility index (Phi) is 5.37. The lowest BCUT2D eigenvalue weighted by molar-refractivity contribution is 0.0882. The Hall–Kier alpha value is -3.28. The van der Waals surface area contributed by atoms with Crippen LogP contribution in [0.15, 0.2) is 69.9 Å². The molecule has 0 saturated heterocycles. The van der Waals surface area contributed by atoms with Crippen molar-refractivity contribution in [2.75, 3.05) is 13.8 Å². The van der Waals surface area contributed by atoms with Gasteiger partial charge < -0.3 is 13.9 Å². The van der Waals surface area contributed by atoms with Crippen molar-refractivity contribution >= 4 is 22.6 Å². The van der Waals surface area contributed by atoms with E-state index in [0.29, 0.717) is 36.0 Å². The quantitative estimate of drug-likeness (QED) is 0.371. The van der Waals surface area contributed by atoms with Gasteiger partial charge in [-0.15, -0.1) is 0 Å². The molecule has 0 bridgehead atoms. The van der Waals surface area contributed by atoms with Crippen LogP contribution in [-0.4, -0.2) is 18.7 Å². The minimum atomic E-state index is -0.368. The van der Waals surface area contributed by atoms with E-state index in [1.54, 1.807) is 19.2 Å². The molecule has 0 fully saturated rings. The highest BCUT2D eigenvalue weighted by atomic mass is 35.5. The maximum absolute atomic E-state index is 13.0. The topological polar surface area (TPSA) is 51.9 Å². The Labute approximate surface area is 190 Å². The summed E-state index contributed by atoms with van der Waals surface area (Å²) in [5.74, 6) is 1.58. The van der Waals surface area contributed by atoms with Gasteiger partial charge in [-0.1, -0.05) is 41.9 Å². The van der Waals surface area contributed by atoms with Crippen LogP contribution in [0, 0.1) is 6.92 Å². The molecule has 2 heterocycles. The molecule has 1 aliphatic heterocycles. The molecule has 5 rings (SSSR count). The number of benzene rings is 3. The molecular formula is C26H22ClNO4. The second kappa shape index (κ2) is 8.34. The van der Waals surface area contributed by atoms with Crippen LogP contribution in [0.4, 0.5) is 0 Å². The van der Waals surface area contributed by atoms with Gasteiger partial charge in [0.15, 0.2) is 0 Å². The van der Waals surface area contributed by atoms with Crippen molar-refractivity contribution in [1.82, 2.24) is 4.90 Å². The van der Waals surface area contributed by atoms with Crippen molar-refractivity contribution < 1.29 is 13.9 Å². The highest BCUT2D eigenvalue weighted by Crippen LogP contribution is 2.36. The molecule has 0 atom stereocenters. The molecule has 5 nitrogen and oxygen atoms in total. The Bertz CT molecular complexity index is 1360. The van der Waals surface area contributed by atoms with Crippen molar-refractivity contribution in [2.45, 2.75) is 20.0 Å². The molecule has 0 N–H and O–H groups in total. The third kappa shape index (κ3) is 3.64. The lowest BCUT2D eigenvalue weighted by Crippen LogP contribution is -2.32. The van der Waals surface area contributed by atoms with Gasteiger partial charge >= 0.3 is 5.63 Å². The largest absolute Gasteiger partial charge is 0.496 e. The zero-order valence-electron chi connectivity index (χ0n) is 17.9. The lowest BCUT2D eigenvalue weighted by Gasteiger charge is -2.29. The van der Waals surface area contributed by atoms with Crippen LogP contribution in [0.25, 0.3) is 22.1 Å². The third-order valence-corrected chi connectivity index (χ3v) is 6.15. The average Bonchev–Trinajstić information content (AvgIpc) is 2.80. The zero-order valence-corrected chi connectivity index (χ0v) is 18.6. The molecular weight excluding hydrogens is 426 g/mol. The fourth-order valence-electron chi connectivity index (χ4n) is 4.30. The molecule has 1 aliphatic rings. The molecule has 0 radical (unpaired) electrons. The molecule has 0 spiro atoms. The molecule has 32 heavy (non-hydrogen) atoms. The van der Waals surface area contributed by atoms with Gasteiger partial charge in [-0.3, -0.25) is 4.90 Å². The fraction of sp³-hybridized carbons (Fsp3) is 0.192. The summed E-state index contributed by atoms with van der Waals surface area (Å²) >= 11 is 6.02. The summed E-state index contributed by atoms with van der Waals surface area (Å²) in [6, 6.07) is 19.1. The molecule has 4 aromatic rings. The van der Waals surface area contributed by atoms with Crippen molar-refractivity contribution in [2.24, 2.45) is 0 Å². The molecule has 162 valence electrons. The van der Waals surface area contributed by atoms with Gasteiger partial charge in [0.2, 0.25) is 0 Å². The number of halogens is 1. The molecule has 3 aromatic carbocycles. The Balaban J connectivity index is 1.55. The number of fused-ring (bicyclic) bond motifs is 3. The van der Waals surface area contributed by atoms with Gasteiger partial charge in [0.05, 0.1) is 18.2 Å². The molecule has 1 aromatic heterocycles. The van der Waals surface area contributed by atoms with E-state index in [-0.39, 0.29) is 5.63 Å². The van der Waals surface area contributed by atoms with Crippen LogP contribution in [0.1, 0.15) is 16.7 Å². The maximum Gasteiger partial charge on any atom is 0.344 e. The van der Waals surface area contributed by atoms with Crippen LogP contribution < -0.4 is 15.1 Å². The normalized spacial score (nSPS) is 13.6. The molecule has 0 saturated carbocycles. The summed E-state index contributed by atoms with van der Waals surface area (Å²) < 4.78 is 17.4. The first-order valence-corrected chi connectivity index (χ1v) is 10.7. The maximum atomic E-state index is 13.0. The second-order valence-electron chi connectivity index (χ2n) is 7.89. The predicted octanol–water partition coefficient (Wildman–Crippen LogP) is 5.78. The van der Waals surface area contributed by atoms with E-state index in [4.69, 9.17) is 25.5 Å². The SMILES string of the molecule is COc1ccccc1CN1COc2ccc3c(C)c(-c4ccc(Cl)cc4)c(=O)oc3c2C1. The van der Waals surface area contributed by atoms with E-state index in [2.05, 4.69) is 4.90 Å². The number of nitrogens with zero attached hydrogens (tertiary/aromatic N) is 1. The van der Waals surface area contributed by atoms with Gasteiger partial charge in [0.25, 0.3) is 0 Å². The molecule has 0 unspecified atom stereocenters. The molecule has 6 heteroatoms. The number of hydrogen-bond donors (Lipinski definition) is 0. The zero-order chi connectivity index (χ0) is 22.2. The van der Waals surface area contributed by atoms with Crippen molar-refractivity contribution in [3.05, 3.63) is 92.8 Å². The van der Waals surface area contributed by atoms with Gasteiger partial charge in [0, 0.05) is 29.1 Å². The van der Waals surface area contributed by atoms with Crippen molar-refractivity contribution in [3.63, 3.8) is 0 Å². The highest BCUT2D eigenvalue weighted by Gasteiger charge is 2.24. The number of para-hydroxylation sites is 1. The smallest absolute Gasteiger partial charge is 0.344 e. The molecule has 0 aliphatic carbocycles. The van der Waals surface area contributed by atoms with Crippen molar-refractivity contribution in [3.8, 4) is 22.6 Å². The van der Waals surface area contributed by atoms with E-state index >= 15 is 0 Å². The minimum Gasteiger partial charge on any atom is -0.496 e. The Morgan fingerprint density at radius 1 is 1.06 bits per heavy atom.